The zero-order valence-corrected chi connectivity index (χ0v) is 6.88. The Hall–Kier alpha value is -1.29. The second kappa shape index (κ2) is 2.98. The Bertz CT molecular complexity index is 372. The Morgan fingerprint density at radius 3 is 2.75 bits per heavy atom. The van der Waals surface area contributed by atoms with E-state index in [-0.39, 0.29) is 5.82 Å². The molecular formula is C8H5FN2S. The third-order valence-electron chi connectivity index (χ3n) is 1.50. The molecule has 12 heavy (non-hydrogen) atoms. The molecule has 0 radical (unpaired) electrons. The average Bonchev–Trinajstić information content (AvgIpc) is 2.57. The lowest BCUT2D eigenvalue weighted by molar-refractivity contribution is 0.631. The normalized spacial score (nSPS) is 10.1. The summed E-state index contributed by atoms with van der Waals surface area (Å²) in [5.41, 5.74) is 0.563. The number of hydrogen-bond donors (Lipinski definition) is 0. The molecule has 0 spiro atoms. The summed E-state index contributed by atoms with van der Waals surface area (Å²) in [6.07, 6.45) is 1.56. The molecule has 0 N–H and O–H groups in total. The summed E-state index contributed by atoms with van der Waals surface area (Å²) in [7, 11) is 0. The van der Waals surface area contributed by atoms with Gasteiger partial charge in [-0.15, -0.1) is 5.10 Å². The van der Waals surface area contributed by atoms with Gasteiger partial charge in [0.25, 0.3) is 0 Å². The van der Waals surface area contributed by atoms with Crippen molar-refractivity contribution in [3.05, 3.63) is 36.3 Å². The smallest absolute Gasteiger partial charge is 0.131 e. The van der Waals surface area contributed by atoms with Crippen LogP contribution in [0.4, 0.5) is 4.39 Å². The molecule has 0 saturated carbocycles. The first kappa shape index (κ1) is 7.36. The van der Waals surface area contributed by atoms with Gasteiger partial charge in [0, 0.05) is 5.56 Å². The molecule has 0 amide bonds. The standard InChI is InChI=1S/C8H5FN2S/c9-7-4-2-1-3-6(7)8-5-10-11-12-8/h1-5H. The van der Waals surface area contributed by atoms with E-state index in [4.69, 9.17) is 0 Å². The van der Waals surface area contributed by atoms with Gasteiger partial charge >= 0.3 is 0 Å². The van der Waals surface area contributed by atoms with E-state index in [1.807, 2.05) is 0 Å². The first-order valence-corrected chi connectivity index (χ1v) is 4.17. The lowest BCUT2D eigenvalue weighted by atomic mass is 10.2. The lowest BCUT2D eigenvalue weighted by Gasteiger charge is -1.95. The lowest BCUT2D eigenvalue weighted by Crippen LogP contribution is -1.78. The topological polar surface area (TPSA) is 25.8 Å². The molecule has 60 valence electrons. The number of rotatable bonds is 1. The monoisotopic (exact) mass is 180 g/mol. The van der Waals surface area contributed by atoms with Crippen LogP contribution in [0.2, 0.25) is 0 Å². The van der Waals surface area contributed by atoms with E-state index in [1.165, 1.54) is 17.6 Å². The molecule has 0 aliphatic carbocycles. The largest absolute Gasteiger partial charge is 0.206 e. The third-order valence-corrected chi connectivity index (χ3v) is 2.20. The maximum atomic E-state index is 13.1. The molecule has 2 nitrogen and oxygen atoms in total. The summed E-state index contributed by atoms with van der Waals surface area (Å²) in [4.78, 5) is 0.758. The summed E-state index contributed by atoms with van der Waals surface area (Å²) in [5.74, 6) is -0.233. The minimum absolute atomic E-state index is 0.233. The zero-order chi connectivity index (χ0) is 8.39. The number of benzene rings is 1. The van der Waals surface area contributed by atoms with Crippen molar-refractivity contribution in [3.8, 4) is 10.4 Å². The fraction of sp³-hybridized carbons (Fsp3) is 0. The van der Waals surface area contributed by atoms with Gasteiger partial charge in [0.1, 0.15) is 5.82 Å². The Balaban J connectivity index is 2.55. The second-order valence-electron chi connectivity index (χ2n) is 2.26. The molecule has 4 heteroatoms. The van der Waals surface area contributed by atoms with Gasteiger partial charge in [0.05, 0.1) is 11.1 Å². The van der Waals surface area contributed by atoms with Crippen molar-refractivity contribution in [1.29, 1.82) is 0 Å². The zero-order valence-electron chi connectivity index (χ0n) is 6.07. The van der Waals surface area contributed by atoms with E-state index >= 15 is 0 Å². The minimum Gasteiger partial charge on any atom is -0.206 e. The van der Waals surface area contributed by atoms with E-state index in [0.29, 0.717) is 5.56 Å². The van der Waals surface area contributed by atoms with Gasteiger partial charge in [-0.1, -0.05) is 22.7 Å². The van der Waals surface area contributed by atoms with Gasteiger partial charge in [-0.25, -0.2) is 4.39 Å². The van der Waals surface area contributed by atoms with Gasteiger partial charge in [-0.2, -0.15) is 0 Å². The average molecular weight is 180 g/mol. The quantitative estimate of drug-likeness (QED) is 0.673. The van der Waals surface area contributed by atoms with Gasteiger partial charge in [0.2, 0.25) is 0 Å². The van der Waals surface area contributed by atoms with Crippen LogP contribution in [-0.4, -0.2) is 9.59 Å². The van der Waals surface area contributed by atoms with Crippen LogP contribution in [0, 0.1) is 5.82 Å². The van der Waals surface area contributed by atoms with Crippen molar-refractivity contribution in [2.24, 2.45) is 0 Å². The molecule has 0 aliphatic heterocycles. The van der Waals surface area contributed by atoms with Crippen LogP contribution in [0.5, 0.6) is 0 Å². The molecule has 0 unspecified atom stereocenters. The highest BCUT2D eigenvalue weighted by Crippen LogP contribution is 2.23. The van der Waals surface area contributed by atoms with E-state index in [2.05, 4.69) is 9.59 Å². The highest BCUT2D eigenvalue weighted by atomic mass is 32.1. The molecule has 1 heterocycles. The highest BCUT2D eigenvalue weighted by molar-refractivity contribution is 7.09. The van der Waals surface area contributed by atoms with Crippen molar-refractivity contribution < 1.29 is 4.39 Å². The maximum Gasteiger partial charge on any atom is 0.131 e. The molecule has 0 atom stereocenters. The van der Waals surface area contributed by atoms with E-state index in [1.54, 1.807) is 24.4 Å². The van der Waals surface area contributed by atoms with Crippen LogP contribution in [0.3, 0.4) is 0 Å². The first-order valence-electron chi connectivity index (χ1n) is 3.40. The van der Waals surface area contributed by atoms with Crippen LogP contribution < -0.4 is 0 Å². The Labute approximate surface area is 72.8 Å². The van der Waals surface area contributed by atoms with Crippen LogP contribution in [0.1, 0.15) is 0 Å². The number of halogens is 1. The molecule has 0 bridgehead atoms. The van der Waals surface area contributed by atoms with Gasteiger partial charge in [-0.3, -0.25) is 0 Å². The van der Waals surface area contributed by atoms with E-state index < -0.39 is 0 Å². The number of nitrogens with zero attached hydrogens (tertiary/aromatic N) is 2. The molecule has 1 aromatic heterocycles. The minimum atomic E-state index is -0.233. The summed E-state index contributed by atoms with van der Waals surface area (Å²) >= 11 is 1.19. The Kier molecular flexibility index (Phi) is 1.83. The van der Waals surface area contributed by atoms with Gasteiger partial charge in [0.15, 0.2) is 0 Å². The van der Waals surface area contributed by atoms with Crippen molar-refractivity contribution in [2.75, 3.05) is 0 Å². The molecule has 2 rings (SSSR count). The van der Waals surface area contributed by atoms with Crippen molar-refractivity contribution in [1.82, 2.24) is 9.59 Å². The summed E-state index contributed by atoms with van der Waals surface area (Å²) in [5, 5.41) is 3.64. The molecule has 1 aromatic carbocycles. The Morgan fingerprint density at radius 2 is 2.08 bits per heavy atom. The maximum absolute atomic E-state index is 13.1. The van der Waals surface area contributed by atoms with Crippen LogP contribution >= 0.6 is 11.5 Å². The van der Waals surface area contributed by atoms with Gasteiger partial charge in [-0.05, 0) is 17.6 Å². The number of aromatic nitrogens is 2. The third kappa shape index (κ3) is 1.21. The fourth-order valence-corrected chi connectivity index (χ4v) is 1.49. The van der Waals surface area contributed by atoms with Crippen molar-refractivity contribution in [2.45, 2.75) is 0 Å². The van der Waals surface area contributed by atoms with E-state index in [9.17, 15) is 4.39 Å². The molecule has 2 aromatic rings. The fourth-order valence-electron chi connectivity index (χ4n) is 0.947. The highest BCUT2D eigenvalue weighted by Gasteiger charge is 2.04. The SMILES string of the molecule is Fc1ccccc1-c1cnns1. The molecule has 0 fully saturated rings. The second-order valence-corrected chi connectivity index (χ2v) is 3.05. The van der Waals surface area contributed by atoms with Crippen LogP contribution in [0.15, 0.2) is 30.5 Å². The number of hydrogen-bond acceptors (Lipinski definition) is 3. The summed E-state index contributed by atoms with van der Waals surface area (Å²) in [6.45, 7) is 0. The predicted octanol–water partition coefficient (Wildman–Crippen LogP) is 2.34. The first-order chi connectivity index (χ1) is 5.88. The molecule has 0 saturated heterocycles. The van der Waals surface area contributed by atoms with Crippen molar-refractivity contribution in [3.63, 3.8) is 0 Å². The predicted molar refractivity (Wildman–Crippen MR) is 45.3 cm³/mol. The van der Waals surface area contributed by atoms with Crippen LogP contribution in [-0.2, 0) is 0 Å². The summed E-state index contributed by atoms with van der Waals surface area (Å²) in [6, 6.07) is 6.59. The molecule has 0 aliphatic rings. The van der Waals surface area contributed by atoms with Gasteiger partial charge < -0.3 is 0 Å². The van der Waals surface area contributed by atoms with E-state index in [0.717, 1.165) is 4.88 Å². The van der Waals surface area contributed by atoms with Crippen molar-refractivity contribution >= 4 is 11.5 Å². The van der Waals surface area contributed by atoms with Crippen LogP contribution in [0.25, 0.3) is 10.4 Å². The molecular weight excluding hydrogens is 175 g/mol. The summed E-state index contributed by atoms with van der Waals surface area (Å²) < 4.78 is 16.8. The Morgan fingerprint density at radius 1 is 1.25 bits per heavy atom.